The van der Waals surface area contributed by atoms with Crippen molar-refractivity contribution in [2.45, 2.75) is 19.8 Å². The second kappa shape index (κ2) is 7.32. The van der Waals surface area contributed by atoms with E-state index in [0.29, 0.717) is 51.6 Å². The first-order valence-corrected chi connectivity index (χ1v) is 9.39. The van der Waals surface area contributed by atoms with Gasteiger partial charge in [0.15, 0.2) is 0 Å². The average molecular weight is 399 g/mol. The molecule has 1 aromatic carbocycles. The van der Waals surface area contributed by atoms with Crippen molar-refractivity contribution in [2.75, 3.05) is 13.1 Å². The molecule has 1 saturated heterocycles. The summed E-state index contributed by atoms with van der Waals surface area (Å²) in [6, 6.07) is 5.17. The molecule has 1 amide bonds. The van der Waals surface area contributed by atoms with E-state index in [4.69, 9.17) is 28.3 Å². The van der Waals surface area contributed by atoms with Crippen LogP contribution in [0.4, 0.5) is 0 Å². The van der Waals surface area contributed by atoms with Crippen LogP contribution in [0, 0.1) is 12.8 Å². The van der Waals surface area contributed by atoms with Crippen LogP contribution in [0.15, 0.2) is 18.2 Å². The Hall–Kier alpha value is -1.63. The van der Waals surface area contributed by atoms with Crippen LogP contribution in [0.3, 0.4) is 0 Å². The minimum absolute atomic E-state index is 0.102. The van der Waals surface area contributed by atoms with E-state index < -0.39 is 5.97 Å². The third-order valence-electron chi connectivity index (χ3n) is 4.28. The number of aliphatic carboxylic acids is 1. The Morgan fingerprint density at radius 3 is 2.56 bits per heavy atom. The molecular weight excluding hydrogens is 383 g/mol. The monoisotopic (exact) mass is 398 g/mol. The minimum Gasteiger partial charge on any atom is -0.481 e. The van der Waals surface area contributed by atoms with Crippen LogP contribution in [-0.4, -0.2) is 40.0 Å². The topological polar surface area (TPSA) is 70.5 Å². The molecule has 1 N–H and O–H groups in total. The number of halogens is 2. The molecule has 5 nitrogen and oxygen atoms in total. The first-order valence-electron chi connectivity index (χ1n) is 7.81. The van der Waals surface area contributed by atoms with Crippen molar-refractivity contribution in [1.29, 1.82) is 0 Å². The fourth-order valence-electron chi connectivity index (χ4n) is 2.85. The van der Waals surface area contributed by atoms with Gasteiger partial charge in [0, 0.05) is 23.7 Å². The maximum Gasteiger partial charge on any atom is 0.306 e. The van der Waals surface area contributed by atoms with E-state index in [1.54, 1.807) is 30.0 Å². The smallest absolute Gasteiger partial charge is 0.306 e. The number of hydrogen-bond donors (Lipinski definition) is 1. The number of nitrogens with zero attached hydrogens (tertiary/aromatic N) is 2. The van der Waals surface area contributed by atoms with Gasteiger partial charge in [-0.15, -0.1) is 11.3 Å². The highest BCUT2D eigenvalue weighted by molar-refractivity contribution is 7.17. The highest BCUT2D eigenvalue weighted by Crippen LogP contribution is 2.35. The highest BCUT2D eigenvalue weighted by atomic mass is 35.5. The predicted octanol–water partition coefficient (Wildman–Crippen LogP) is 4.36. The van der Waals surface area contributed by atoms with Gasteiger partial charge in [-0.25, -0.2) is 4.98 Å². The maximum atomic E-state index is 12.8. The Kier molecular flexibility index (Phi) is 5.32. The quantitative estimate of drug-likeness (QED) is 0.833. The van der Waals surface area contributed by atoms with Crippen molar-refractivity contribution >= 4 is 46.4 Å². The van der Waals surface area contributed by atoms with E-state index in [1.165, 1.54) is 11.3 Å². The van der Waals surface area contributed by atoms with E-state index in [0.717, 1.165) is 5.56 Å². The van der Waals surface area contributed by atoms with Crippen LogP contribution in [0.5, 0.6) is 0 Å². The molecule has 132 valence electrons. The molecule has 0 radical (unpaired) electrons. The fourth-order valence-corrected chi connectivity index (χ4v) is 4.47. The molecule has 0 spiro atoms. The number of amides is 1. The number of carbonyl (C=O) groups is 2. The molecule has 0 atom stereocenters. The van der Waals surface area contributed by atoms with E-state index in [1.807, 2.05) is 0 Å². The molecule has 8 heteroatoms. The van der Waals surface area contributed by atoms with E-state index in [9.17, 15) is 9.59 Å². The van der Waals surface area contributed by atoms with Gasteiger partial charge in [-0.1, -0.05) is 23.2 Å². The fraction of sp³-hybridized carbons (Fsp3) is 0.353. The summed E-state index contributed by atoms with van der Waals surface area (Å²) in [7, 11) is 0. The molecule has 3 rings (SSSR count). The van der Waals surface area contributed by atoms with Gasteiger partial charge >= 0.3 is 5.97 Å². The Morgan fingerprint density at radius 2 is 1.96 bits per heavy atom. The van der Waals surface area contributed by atoms with Crippen molar-refractivity contribution in [3.05, 3.63) is 38.8 Å². The lowest BCUT2D eigenvalue weighted by Gasteiger charge is -2.29. The molecule has 0 bridgehead atoms. The summed E-state index contributed by atoms with van der Waals surface area (Å²) in [6.07, 6.45) is 0.962. The summed E-state index contributed by atoms with van der Waals surface area (Å²) in [4.78, 5) is 30.6. The SMILES string of the molecule is Cc1nc(-c2ccc(Cl)cc2Cl)sc1C(=O)N1CCC(C(=O)O)CC1. The summed E-state index contributed by atoms with van der Waals surface area (Å²) in [5, 5.41) is 10.8. The summed E-state index contributed by atoms with van der Waals surface area (Å²) >= 11 is 13.4. The molecule has 25 heavy (non-hydrogen) atoms. The third kappa shape index (κ3) is 3.81. The summed E-state index contributed by atoms with van der Waals surface area (Å²) in [6.45, 7) is 2.69. The molecule has 1 fully saturated rings. The Morgan fingerprint density at radius 1 is 1.28 bits per heavy atom. The first kappa shape index (κ1) is 18.2. The van der Waals surface area contributed by atoms with Crippen molar-refractivity contribution in [1.82, 2.24) is 9.88 Å². The van der Waals surface area contributed by atoms with Gasteiger partial charge in [0.1, 0.15) is 9.88 Å². The lowest BCUT2D eigenvalue weighted by molar-refractivity contribution is -0.143. The largest absolute Gasteiger partial charge is 0.481 e. The summed E-state index contributed by atoms with van der Waals surface area (Å²) in [5.74, 6) is -1.26. The maximum absolute atomic E-state index is 12.8. The van der Waals surface area contributed by atoms with Gasteiger partial charge < -0.3 is 10.0 Å². The van der Waals surface area contributed by atoms with Crippen LogP contribution in [-0.2, 0) is 4.79 Å². The number of likely N-dealkylation sites (tertiary alicyclic amines) is 1. The highest BCUT2D eigenvalue weighted by Gasteiger charge is 2.29. The van der Waals surface area contributed by atoms with E-state index >= 15 is 0 Å². The second-order valence-corrected chi connectivity index (χ2v) is 7.81. The van der Waals surface area contributed by atoms with Crippen molar-refractivity contribution < 1.29 is 14.7 Å². The molecular formula is C17H16Cl2N2O3S. The standard InChI is InChI=1S/C17H16Cl2N2O3S/c1-9-14(16(22)21-6-4-10(5-7-21)17(23)24)25-15(20-9)12-3-2-11(18)8-13(12)19/h2-3,8,10H,4-7H2,1H3,(H,23,24). The molecule has 1 aliphatic rings. The number of thiazole rings is 1. The minimum atomic E-state index is -0.791. The number of carboxylic acid groups (broad SMARTS) is 1. The van der Waals surface area contributed by atoms with Crippen molar-refractivity contribution in [3.8, 4) is 10.6 Å². The Bertz CT molecular complexity index is 829. The zero-order valence-electron chi connectivity index (χ0n) is 13.5. The molecule has 0 saturated carbocycles. The molecule has 2 aromatic rings. The van der Waals surface area contributed by atoms with Crippen LogP contribution in [0.25, 0.3) is 10.6 Å². The number of carbonyl (C=O) groups excluding carboxylic acids is 1. The van der Waals surface area contributed by atoms with Gasteiger partial charge in [-0.2, -0.15) is 0 Å². The third-order valence-corrected chi connectivity index (χ3v) is 6.01. The zero-order valence-corrected chi connectivity index (χ0v) is 15.8. The van der Waals surface area contributed by atoms with Crippen LogP contribution in [0.2, 0.25) is 10.0 Å². The summed E-state index contributed by atoms with van der Waals surface area (Å²) < 4.78 is 0. The number of piperidine rings is 1. The molecule has 0 unspecified atom stereocenters. The average Bonchev–Trinajstić information content (AvgIpc) is 2.95. The van der Waals surface area contributed by atoms with Gasteiger partial charge in [0.25, 0.3) is 5.91 Å². The number of benzene rings is 1. The number of carboxylic acids is 1. The second-order valence-electron chi connectivity index (χ2n) is 5.96. The lowest BCUT2D eigenvalue weighted by Crippen LogP contribution is -2.40. The zero-order chi connectivity index (χ0) is 18.1. The van der Waals surface area contributed by atoms with Gasteiger partial charge in [0.2, 0.25) is 0 Å². The normalized spacial score (nSPS) is 15.4. The molecule has 1 aromatic heterocycles. The Balaban J connectivity index is 1.81. The predicted molar refractivity (Wildman–Crippen MR) is 98.6 cm³/mol. The number of hydrogen-bond acceptors (Lipinski definition) is 4. The Labute approximate surface area is 159 Å². The van der Waals surface area contributed by atoms with Crippen molar-refractivity contribution in [2.24, 2.45) is 5.92 Å². The van der Waals surface area contributed by atoms with Crippen LogP contribution < -0.4 is 0 Å². The van der Waals surface area contributed by atoms with Crippen LogP contribution in [0.1, 0.15) is 28.2 Å². The van der Waals surface area contributed by atoms with E-state index in [-0.39, 0.29) is 11.8 Å². The number of rotatable bonds is 3. The van der Waals surface area contributed by atoms with Gasteiger partial charge in [0.05, 0.1) is 16.6 Å². The molecule has 1 aliphatic heterocycles. The summed E-state index contributed by atoms with van der Waals surface area (Å²) in [5.41, 5.74) is 1.39. The number of aryl methyl sites for hydroxylation is 1. The first-order chi connectivity index (χ1) is 11.9. The number of aromatic nitrogens is 1. The van der Waals surface area contributed by atoms with E-state index in [2.05, 4.69) is 4.98 Å². The van der Waals surface area contributed by atoms with Gasteiger partial charge in [-0.3, -0.25) is 9.59 Å². The molecule has 0 aliphatic carbocycles. The molecule has 2 heterocycles. The van der Waals surface area contributed by atoms with Gasteiger partial charge in [-0.05, 0) is 38.0 Å². The van der Waals surface area contributed by atoms with Crippen molar-refractivity contribution in [3.63, 3.8) is 0 Å². The lowest BCUT2D eigenvalue weighted by atomic mass is 9.97. The van der Waals surface area contributed by atoms with Crippen LogP contribution >= 0.6 is 34.5 Å².